The number of methoxy groups -OCH3 is 1. The van der Waals surface area contributed by atoms with Crippen molar-refractivity contribution in [2.24, 2.45) is 0 Å². The highest BCUT2D eigenvalue weighted by atomic mass is 16.5. The molecule has 0 unspecified atom stereocenters. The van der Waals surface area contributed by atoms with Crippen LogP contribution in [-0.4, -0.2) is 18.2 Å². The van der Waals surface area contributed by atoms with Gasteiger partial charge in [-0.1, -0.05) is 24.3 Å². The summed E-state index contributed by atoms with van der Waals surface area (Å²) in [4.78, 5) is 11.9. The summed E-state index contributed by atoms with van der Waals surface area (Å²) in [5.74, 6) is 0.590. The summed E-state index contributed by atoms with van der Waals surface area (Å²) >= 11 is 0. The number of carbonyl (C=O) groups excluding carboxylic acids is 1. The quantitative estimate of drug-likeness (QED) is 0.801. The Morgan fingerprint density at radius 3 is 2.70 bits per heavy atom. The lowest BCUT2D eigenvalue weighted by Crippen LogP contribution is -2.19. The van der Waals surface area contributed by atoms with Gasteiger partial charge in [-0.05, 0) is 29.8 Å². The lowest BCUT2D eigenvalue weighted by atomic mass is 10.2. The van der Waals surface area contributed by atoms with Crippen LogP contribution in [0.5, 0.6) is 5.75 Å². The van der Waals surface area contributed by atoms with Crippen LogP contribution in [-0.2, 0) is 6.61 Å². The van der Waals surface area contributed by atoms with E-state index in [4.69, 9.17) is 9.84 Å². The molecular weight excluding hydrogens is 256 g/mol. The maximum Gasteiger partial charge on any atom is 0.323 e. The number of ether oxygens (including phenoxy) is 1. The van der Waals surface area contributed by atoms with Crippen molar-refractivity contribution < 1.29 is 14.6 Å². The summed E-state index contributed by atoms with van der Waals surface area (Å²) in [7, 11) is 1.54. The van der Waals surface area contributed by atoms with Crippen molar-refractivity contribution >= 4 is 17.4 Å². The molecular formula is C15H16N2O3. The van der Waals surface area contributed by atoms with Gasteiger partial charge >= 0.3 is 6.03 Å². The van der Waals surface area contributed by atoms with E-state index in [-0.39, 0.29) is 12.6 Å². The van der Waals surface area contributed by atoms with Crippen molar-refractivity contribution in [3.05, 3.63) is 54.1 Å². The molecule has 0 aliphatic carbocycles. The molecule has 0 aromatic heterocycles. The first kappa shape index (κ1) is 13.9. The number of amides is 2. The summed E-state index contributed by atoms with van der Waals surface area (Å²) in [5.41, 5.74) is 1.94. The largest absolute Gasteiger partial charge is 0.495 e. The van der Waals surface area contributed by atoms with Crippen LogP contribution in [0.3, 0.4) is 0 Å². The van der Waals surface area contributed by atoms with Crippen LogP contribution in [0, 0.1) is 0 Å². The molecule has 2 aromatic carbocycles. The lowest BCUT2D eigenvalue weighted by Gasteiger charge is -2.11. The molecule has 0 fully saturated rings. The third-order valence-electron chi connectivity index (χ3n) is 2.72. The Bertz CT molecular complexity index is 599. The molecule has 20 heavy (non-hydrogen) atoms. The highest BCUT2D eigenvalue weighted by Crippen LogP contribution is 2.23. The standard InChI is InChI=1S/C15H16N2O3/c1-20-14-8-3-2-7-13(14)17-15(19)16-12-6-4-5-11(9-12)10-18/h2-9,18H,10H2,1H3,(H2,16,17,19). The Balaban J connectivity index is 2.05. The molecule has 2 aromatic rings. The molecule has 5 nitrogen and oxygen atoms in total. The predicted molar refractivity (Wildman–Crippen MR) is 78.0 cm³/mol. The van der Waals surface area contributed by atoms with E-state index in [9.17, 15) is 4.79 Å². The molecule has 0 heterocycles. The molecule has 5 heteroatoms. The van der Waals surface area contributed by atoms with Crippen LogP contribution in [0.15, 0.2) is 48.5 Å². The molecule has 0 saturated heterocycles. The number of aliphatic hydroxyl groups is 1. The number of urea groups is 1. The van der Waals surface area contributed by atoms with E-state index >= 15 is 0 Å². The fraction of sp³-hybridized carbons (Fsp3) is 0.133. The van der Waals surface area contributed by atoms with Crippen molar-refractivity contribution in [3.8, 4) is 5.75 Å². The number of para-hydroxylation sites is 2. The minimum atomic E-state index is -0.371. The molecule has 0 radical (unpaired) electrons. The first-order valence-electron chi connectivity index (χ1n) is 6.13. The van der Waals surface area contributed by atoms with Crippen LogP contribution in [0.1, 0.15) is 5.56 Å². The Hall–Kier alpha value is -2.53. The van der Waals surface area contributed by atoms with E-state index in [1.54, 1.807) is 43.5 Å². The van der Waals surface area contributed by atoms with Crippen LogP contribution >= 0.6 is 0 Å². The van der Waals surface area contributed by atoms with Crippen molar-refractivity contribution in [2.45, 2.75) is 6.61 Å². The third-order valence-corrected chi connectivity index (χ3v) is 2.72. The summed E-state index contributed by atoms with van der Waals surface area (Å²) in [5, 5.41) is 14.5. The van der Waals surface area contributed by atoms with E-state index in [2.05, 4.69) is 10.6 Å². The van der Waals surface area contributed by atoms with Gasteiger partial charge in [0.15, 0.2) is 0 Å². The van der Waals surface area contributed by atoms with Gasteiger partial charge < -0.3 is 20.5 Å². The number of aliphatic hydroxyl groups excluding tert-OH is 1. The monoisotopic (exact) mass is 272 g/mol. The number of nitrogens with one attached hydrogen (secondary N) is 2. The highest BCUT2D eigenvalue weighted by molar-refractivity contribution is 6.00. The molecule has 0 saturated carbocycles. The Labute approximate surface area is 117 Å². The Kier molecular flexibility index (Phi) is 4.57. The topological polar surface area (TPSA) is 70.6 Å². The molecule has 104 valence electrons. The molecule has 0 spiro atoms. The SMILES string of the molecule is COc1ccccc1NC(=O)Nc1cccc(CO)c1. The van der Waals surface area contributed by atoms with E-state index in [1.165, 1.54) is 0 Å². The summed E-state index contributed by atoms with van der Waals surface area (Å²) in [6, 6.07) is 13.8. The van der Waals surface area contributed by atoms with Crippen molar-refractivity contribution in [2.75, 3.05) is 17.7 Å². The normalized spacial score (nSPS) is 9.90. The van der Waals surface area contributed by atoms with Gasteiger partial charge in [0, 0.05) is 5.69 Å². The number of rotatable bonds is 4. The number of carbonyl (C=O) groups is 1. The molecule has 2 rings (SSSR count). The van der Waals surface area contributed by atoms with Crippen molar-refractivity contribution in [1.29, 1.82) is 0 Å². The number of anilines is 2. The highest BCUT2D eigenvalue weighted by Gasteiger charge is 2.07. The van der Waals surface area contributed by atoms with Gasteiger partial charge in [0.25, 0.3) is 0 Å². The minimum Gasteiger partial charge on any atom is -0.495 e. The zero-order valence-electron chi connectivity index (χ0n) is 11.1. The van der Waals surface area contributed by atoms with Crippen LogP contribution < -0.4 is 15.4 Å². The summed E-state index contributed by atoms with van der Waals surface area (Å²) in [6.45, 7) is -0.0658. The van der Waals surface area contributed by atoms with Gasteiger partial charge in [-0.25, -0.2) is 4.79 Å². The average Bonchev–Trinajstić information content (AvgIpc) is 2.48. The predicted octanol–water partition coefficient (Wildman–Crippen LogP) is 2.83. The smallest absolute Gasteiger partial charge is 0.323 e. The number of hydrogen-bond donors (Lipinski definition) is 3. The number of benzene rings is 2. The van der Waals surface area contributed by atoms with Gasteiger partial charge in [-0.2, -0.15) is 0 Å². The Morgan fingerprint density at radius 2 is 1.95 bits per heavy atom. The minimum absolute atomic E-state index is 0.0658. The van der Waals surface area contributed by atoms with Crippen LogP contribution in [0.25, 0.3) is 0 Å². The molecule has 0 aliphatic heterocycles. The second-order valence-electron chi connectivity index (χ2n) is 4.14. The number of hydrogen-bond acceptors (Lipinski definition) is 3. The second kappa shape index (κ2) is 6.58. The summed E-state index contributed by atoms with van der Waals surface area (Å²) in [6.07, 6.45) is 0. The van der Waals surface area contributed by atoms with Gasteiger partial charge in [0.2, 0.25) is 0 Å². The third kappa shape index (κ3) is 3.49. The van der Waals surface area contributed by atoms with Crippen molar-refractivity contribution in [1.82, 2.24) is 0 Å². The van der Waals surface area contributed by atoms with Gasteiger partial charge in [0.1, 0.15) is 5.75 Å². The van der Waals surface area contributed by atoms with E-state index in [0.29, 0.717) is 17.1 Å². The van der Waals surface area contributed by atoms with Crippen molar-refractivity contribution in [3.63, 3.8) is 0 Å². The molecule has 0 aliphatic rings. The average molecular weight is 272 g/mol. The van der Waals surface area contributed by atoms with E-state index < -0.39 is 0 Å². The second-order valence-corrected chi connectivity index (χ2v) is 4.14. The first-order chi connectivity index (χ1) is 9.72. The Morgan fingerprint density at radius 1 is 1.15 bits per heavy atom. The van der Waals surface area contributed by atoms with Crippen LogP contribution in [0.2, 0.25) is 0 Å². The fourth-order valence-electron chi connectivity index (χ4n) is 1.78. The van der Waals surface area contributed by atoms with Gasteiger partial charge in [-0.3, -0.25) is 0 Å². The maximum absolute atomic E-state index is 11.9. The first-order valence-corrected chi connectivity index (χ1v) is 6.13. The fourth-order valence-corrected chi connectivity index (χ4v) is 1.78. The van der Waals surface area contributed by atoms with E-state index in [1.807, 2.05) is 12.1 Å². The maximum atomic E-state index is 11.9. The molecule has 0 bridgehead atoms. The van der Waals surface area contributed by atoms with Gasteiger partial charge in [-0.15, -0.1) is 0 Å². The molecule has 3 N–H and O–H groups in total. The lowest BCUT2D eigenvalue weighted by molar-refractivity contribution is 0.262. The van der Waals surface area contributed by atoms with Gasteiger partial charge in [0.05, 0.1) is 19.4 Å². The summed E-state index contributed by atoms with van der Waals surface area (Å²) < 4.78 is 5.16. The zero-order chi connectivity index (χ0) is 14.4. The molecule has 0 atom stereocenters. The van der Waals surface area contributed by atoms with Crippen LogP contribution in [0.4, 0.5) is 16.2 Å². The van der Waals surface area contributed by atoms with E-state index in [0.717, 1.165) is 5.56 Å². The zero-order valence-corrected chi connectivity index (χ0v) is 11.1. The molecule has 2 amide bonds.